The van der Waals surface area contributed by atoms with E-state index in [0.717, 1.165) is 21.8 Å². The van der Waals surface area contributed by atoms with Gasteiger partial charge in [0.2, 0.25) is 0 Å². The highest BCUT2D eigenvalue weighted by molar-refractivity contribution is 14.1. The number of hydrogen-bond acceptors (Lipinski definition) is 5. The molecule has 0 spiro atoms. The summed E-state index contributed by atoms with van der Waals surface area (Å²) in [6.45, 7) is 5.25. The largest absolute Gasteiger partial charge is 0.369 e. The van der Waals surface area contributed by atoms with Crippen LogP contribution in [0.2, 0.25) is 0 Å². The zero-order valence-corrected chi connectivity index (χ0v) is 14.4. The van der Waals surface area contributed by atoms with Crippen LogP contribution in [0.5, 0.6) is 0 Å². The van der Waals surface area contributed by atoms with Crippen molar-refractivity contribution in [2.45, 2.75) is 30.8 Å². The molecule has 1 N–H and O–H groups in total. The Morgan fingerprint density at radius 2 is 2.17 bits per heavy atom. The van der Waals surface area contributed by atoms with Gasteiger partial charge in [0.15, 0.2) is 0 Å². The van der Waals surface area contributed by atoms with E-state index in [4.69, 9.17) is 4.98 Å². The van der Waals surface area contributed by atoms with E-state index in [1.165, 1.54) is 17.9 Å². The van der Waals surface area contributed by atoms with Crippen molar-refractivity contribution in [3.8, 4) is 0 Å². The summed E-state index contributed by atoms with van der Waals surface area (Å²) in [6.07, 6.45) is 3.13. The van der Waals surface area contributed by atoms with Crippen LogP contribution in [-0.4, -0.2) is 33.3 Å². The highest BCUT2D eigenvalue weighted by Gasteiger charge is 2.29. The molecule has 100 valence electrons. The van der Waals surface area contributed by atoms with Crippen molar-refractivity contribution in [1.29, 1.82) is 0 Å². The van der Waals surface area contributed by atoms with Crippen LogP contribution in [0.4, 0.5) is 5.82 Å². The molecule has 18 heavy (non-hydrogen) atoms. The number of hydrogen-bond donors (Lipinski definition) is 1. The molecule has 0 amide bonds. The van der Waals surface area contributed by atoms with Crippen molar-refractivity contribution in [1.82, 2.24) is 9.97 Å². The molecule has 2 heterocycles. The molecule has 0 aromatic carbocycles. The third-order valence-electron chi connectivity index (χ3n) is 2.81. The fourth-order valence-electron chi connectivity index (χ4n) is 1.95. The van der Waals surface area contributed by atoms with E-state index in [-0.39, 0.29) is 0 Å². The van der Waals surface area contributed by atoms with Gasteiger partial charge in [-0.1, -0.05) is 6.92 Å². The molecule has 0 saturated carbocycles. The highest BCUT2D eigenvalue weighted by Crippen LogP contribution is 2.43. The Morgan fingerprint density at radius 1 is 1.39 bits per heavy atom. The van der Waals surface area contributed by atoms with Crippen LogP contribution in [0.15, 0.2) is 6.20 Å². The fraction of sp³-hybridized carbons (Fsp3) is 0.667. The first-order valence-corrected chi connectivity index (χ1v) is 9.43. The summed E-state index contributed by atoms with van der Waals surface area (Å²) >= 11 is 6.36. The molecule has 1 aliphatic rings. The van der Waals surface area contributed by atoms with E-state index in [2.05, 4.69) is 58.5 Å². The summed E-state index contributed by atoms with van der Waals surface area (Å²) < 4.78 is 1.10. The summed E-state index contributed by atoms with van der Waals surface area (Å²) in [7, 11) is 0. The van der Waals surface area contributed by atoms with Gasteiger partial charge in [-0.25, -0.2) is 9.97 Å². The summed E-state index contributed by atoms with van der Waals surface area (Å²) in [6, 6.07) is 0. The maximum absolute atomic E-state index is 4.72. The standard InChI is InChI=1S/C12H18IN3S2/c1-3-9-10(18-6-5-17-9)12-15-7-8(13)11(16-12)14-4-2/h7,9-10H,3-6H2,1-2H3,(H,14,15,16). The Hall–Kier alpha value is 0.310. The molecular weight excluding hydrogens is 377 g/mol. The SMILES string of the molecule is CCNc1nc(C2SCCSC2CC)ncc1I. The lowest BCUT2D eigenvalue weighted by molar-refractivity contribution is 0.749. The van der Waals surface area contributed by atoms with E-state index >= 15 is 0 Å². The number of halogens is 1. The average molecular weight is 395 g/mol. The minimum absolute atomic E-state index is 0.447. The molecule has 2 atom stereocenters. The summed E-state index contributed by atoms with van der Waals surface area (Å²) in [5, 5.41) is 4.41. The third kappa shape index (κ3) is 3.45. The maximum atomic E-state index is 4.72. The van der Waals surface area contributed by atoms with Crippen LogP contribution in [0, 0.1) is 3.57 Å². The van der Waals surface area contributed by atoms with Gasteiger partial charge in [-0.2, -0.15) is 11.8 Å². The molecule has 0 bridgehead atoms. The fourth-order valence-corrected chi connectivity index (χ4v) is 5.40. The number of nitrogens with zero attached hydrogens (tertiary/aromatic N) is 2. The van der Waals surface area contributed by atoms with Gasteiger partial charge in [0.05, 0.1) is 8.82 Å². The van der Waals surface area contributed by atoms with Crippen molar-refractivity contribution in [3.05, 3.63) is 15.6 Å². The van der Waals surface area contributed by atoms with Gasteiger partial charge in [0, 0.05) is 29.5 Å². The predicted molar refractivity (Wildman–Crippen MR) is 90.6 cm³/mol. The molecule has 3 nitrogen and oxygen atoms in total. The zero-order valence-electron chi connectivity index (χ0n) is 10.6. The van der Waals surface area contributed by atoms with Gasteiger partial charge >= 0.3 is 0 Å². The molecule has 1 saturated heterocycles. The van der Waals surface area contributed by atoms with Crippen LogP contribution in [-0.2, 0) is 0 Å². The van der Waals surface area contributed by atoms with Crippen LogP contribution >= 0.6 is 46.1 Å². The Balaban J connectivity index is 2.23. The molecule has 1 fully saturated rings. The van der Waals surface area contributed by atoms with Crippen LogP contribution in [0.1, 0.15) is 31.3 Å². The number of anilines is 1. The molecule has 0 radical (unpaired) electrons. The van der Waals surface area contributed by atoms with E-state index in [1.54, 1.807) is 0 Å². The van der Waals surface area contributed by atoms with Crippen LogP contribution in [0.25, 0.3) is 0 Å². The van der Waals surface area contributed by atoms with Gasteiger partial charge in [0.1, 0.15) is 11.6 Å². The Morgan fingerprint density at radius 3 is 2.89 bits per heavy atom. The lowest BCUT2D eigenvalue weighted by atomic mass is 10.2. The second kappa shape index (κ2) is 7.19. The van der Waals surface area contributed by atoms with Crippen LogP contribution in [0.3, 0.4) is 0 Å². The second-order valence-electron chi connectivity index (χ2n) is 4.06. The van der Waals surface area contributed by atoms with Gasteiger partial charge < -0.3 is 5.32 Å². The van der Waals surface area contributed by atoms with E-state index in [0.29, 0.717) is 10.5 Å². The van der Waals surface area contributed by atoms with Crippen molar-refractivity contribution < 1.29 is 0 Å². The van der Waals surface area contributed by atoms with E-state index < -0.39 is 0 Å². The summed E-state index contributed by atoms with van der Waals surface area (Å²) in [4.78, 5) is 9.27. The maximum Gasteiger partial charge on any atom is 0.144 e. The number of nitrogens with one attached hydrogen (secondary N) is 1. The summed E-state index contributed by atoms with van der Waals surface area (Å²) in [5.41, 5.74) is 0. The second-order valence-corrected chi connectivity index (χ2v) is 7.82. The van der Waals surface area contributed by atoms with E-state index in [1.807, 2.05) is 18.0 Å². The lowest BCUT2D eigenvalue weighted by Gasteiger charge is -2.28. The third-order valence-corrected chi connectivity index (χ3v) is 6.85. The average Bonchev–Trinajstić information content (AvgIpc) is 2.41. The van der Waals surface area contributed by atoms with Gasteiger partial charge in [-0.3, -0.25) is 0 Å². The zero-order chi connectivity index (χ0) is 13.0. The number of aromatic nitrogens is 2. The van der Waals surface area contributed by atoms with Crippen LogP contribution < -0.4 is 5.32 Å². The first-order valence-electron chi connectivity index (χ1n) is 6.25. The van der Waals surface area contributed by atoms with Crippen molar-refractivity contribution >= 4 is 51.9 Å². The first-order chi connectivity index (χ1) is 8.76. The topological polar surface area (TPSA) is 37.8 Å². The first kappa shape index (κ1) is 14.7. The lowest BCUT2D eigenvalue weighted by Crippen LogP contribution is -2.21. The molecule has 1 aliphatic heterocycles. The Labute approximate surface area is 131 Å². The normalized spacial score (nSPS) is 23.9. The van der Waals surface area contributed by atoms with Crippen molar-refractivity contribution in [3.63, 3.8) is 0 Å². The summed E-state index contributed by atoms with van der Waals surface area (Å²) in [5.74, 6) is 4.44. The van der Waals surface area contributed by atoms with Gasteiger partial charge in [-0.15, -0.1) is 11.8 Å². The van der Waals surface area contributed by atoms with E-state index in [9.17, 15) is 0 Å². The highest BCUT2D eigenvalue weighted by atomic mass is 127. The quantitative estimate of drug-likeness (QED) is 0.785. The van der Waals surface area contributed by atoms with Gasteiger partial charge in [0.25, 0.3) is 0 Å². The smallest absolute Gasteiger partial charge is 0.144 e. The van der Waals surface area contributed by atoms with Crippen molar-refractivity contribution in [2.24, 2.45) is 0 Å². The Bertz CT molecular complexity index is 403. The molecule has 2 unspecified atom stereocenters. The monoisotopic (exact) mass is 395 g/mol. The molecule has 1 aromatic rings. The number of rotatable bonds is 4. The molecule has 2 rings (SSSR count). The molecular formula is C12H18IN3S2. The molecule has 6 heteroatoms. The van der Waals surface area contributed by atoms with Gasteiger partial charge in [-0.05, 0) is 35.9 Å². The molecule has 1 aromatic heterocycles. The predicted octanol–water partition coefficient (Wildman–Crippen LogP) is 3.81. The molecule has 0 aliphatic carbocycles. The Kier molecular flexibility index (Phi) is 5.88. The minimum atomic E-state index is 0.447. The number of thioether (sulfide) groups is 2. The minimum Gasteiger partial charge on any atom is -0.369 e. The van der Waals surface area contributed by atoms with Crippen molar-refractivity contribution in [2.75, 3.05) is 23.4 Å².